The highest BCUT2D eigenvalue weighted by molar-refractivity contribution is 9.10. The number of anilines is 1. The maximum Gasteiger partial charge on any atom is 0.149 e. The third kappa shape index (κ3) is 2.12. The zero-order chi connectivity index (χ0) is 13.4. The molecular formula is C15H14BrN3. The van der Waals surface area contributed by atoms with Gasteiger partial charge in [0.1, 0.15) is 5.82 Å². The summed E-state index contributed by atoms with van der Waals surface area (Å²) in [6.45, 7) is 2.09. The Kier molecular flexibility index (Phi) is 3.03. The van der Waals surface area contributed by atoms with E-state index in [0.717, 1.165) is 27.7 Å². The molecule has 0 aliphatic heterocycles. The highest BCUT2D eigenvalue weighted by Gasteiger charge is 2.11. The number of halogens is 1. The third-order valence-electron chi connectivity index (χ3n) is 3.34. The Morgan fingerprint density at radius 1 is 1.16 bits per heavy atom. The minimum absolute atomic E-state index is 0.591. The summed E-state index contributed by atoms with van der Waals surface area (Å²) in [6, 6.07) is 12.6. The van der Waals surface area contributed by atoms with Gasteiger partial charge in [0.2, 0.25) is 0 Å². The summed E-state index contributed by atoms with van der Waals surface area (Å²) in [6.07, 6.45) is 0.871. The first kappa shape index (κ1) is 12.2. The van der Waals surface area contributed by atoms with Crippen molar-refractivity contribution in [1.82, 2.24) is 10.2 Å². The van der Waals surface area contributed by atoms with Crippen LogP contribution < -0.4 is 5.73 Å². The van der Waals surface area contributed by atoms with E-state index in [9.17, 15) is 0 Å². The molecule has 96 valence electrons. The molecular weight excluding hydrogens is 302 g/mol. The second-order valence-corrected chi connectivity index (χ2v) is 5.44. The molecule has 0 unspecified atom stereocenters. The second-order valence-electron chi connectivity index (χ2n) is 4.52. The van der Waals surface area contributed by atoms with Gasteiger partial charge in [-0.2, -0.15) is 5.10 Å². The second kappa shape index (κ2) is 4.70. The van der Waals surface area contributed by atoms with Crippen molar-refractivity contribution in [2.24, 2.45) is 0 Å². The lowest BCUT2D eigenvalue weighted by Crippen LogP contribution is -1.90. The third-order valence-corrected chi connectivity index (χ3v) is 3.84. The van der Waals surface area contributed by atoms with Gasteiger partial charge in [0, 0.05) is 15.6 Å². The Balaban J connectivity index is 2.17. The molecule has 1 aromatic heterocycles. The fraction of sp³-hybridized carbons (Fsp3) is 0.133. The summed E-state index contributed by atoms with van der Waals surface area (Å²) in [5.74, 6) is 0.591. The van der Waals surface area contributed by atoms with E-state index in [-0.39, 0.29) is 0 Å². The van der Waals surface area contributed by atoms with E-state index < -0.39 is 0 Å². The smallest absolute Gasteiger partial charge is 0.149 e. The number of aromatic amines is 1. The van der Waals surface area contributed by atoms with Crippen LogP contribution in [0.5, 0.6) is 0 Å². The average Bonchev–Trinajstić information content (AvgIpc) is 2.79. The Labute approximate surface area is 120 Å². The zero-order valence-corrected chi connectivity index (χ0v) is 12.2. The van der Waals surface area contributed by atoms with Crippen LogP contribution in [0, 0.1) is 0 Å². The maximum absolute atomic E-state index is 5.87. The van der Waals surface area contributed by atoms with Crippen LogP contribution in [0.15, 0.2) is 40.9 Å². The van der Waals surface area contributed by atoms with Gasteiger partial charge in [0.15, 0.2) is 0 Å². The van der Waals surface area contributed by atoms with Crippen molar-refractivity contribution in [3.05, 3.63) is 46.4 Å². The SMILES string of the molecule is CCc1c(N)n[nH]c1-c1ccc2cc(Br)ccc2c1. The van der Waals surface area contributed by atoms with Gasteiger partial charge < -0.3 is 5.73 Å². The molecule has 19 heavy (non-hydrogen) atoms. The summed E-state index contributed by atoms with van der Waals surface area (Å²) in [7, 11) is 0. The van der Waals surface area contributed by atoms with Gasteiger partial charge in [0.25, 0.3) is 0 Å². The van der Waals surface area contributed by atoms with Gasteiger partial charge in [-0.1, -0.05) is 41.1 Å². The number of fused-ring (bicyclic) bond motifs is 1. The number of hydrogen-bond donors (Lipinski definition) is 2. The molecule has 0 saturated carbocycles. The van der Waals surface area contributed by atoms with Crippen molar-refractivity contribution in [2.45, 2.75) is 13.3 Å². The van der Waals surface area contributed by atoms with Gasteiger partial charge in [-0.25, -0.2) is 0 Å². The van der Waals surface area contributed by atoms with Gasteiger partial charge in [-0.15, -0.1) is 0 Å². The molecule has 3 rings (SSSR count). The summed E-state index contributed by atoms with van der Waals surface area (Å²) in [4.78, 5) is 0. The van der Waals surface area contributed by atoms with Crippen LogP contribution in [0.4, 0.5) is 5.82 Å². The molecule has 0 amide bonds. The minimum Gasteiger partial charge on any atom is -0.382 e. The van der Waals surface area contributed by atoms with Crippen molar-refractivity contribution in [3.63, 3.8) is 0 Å². The summed E-state index contributed by atoms with van der Waals surface area (Å²) < 4.78 is 1.09. The highest BCUT2D eigenvalue weighted by Crippen LogP contribution is 2.29. The Bertz CT molecular complexity index is 746. The van der Waals surface area contributed by atoms with E-state index in [4.69, 9.17) is 5.73 Å². The predicted octanol–water partition coefficient (Wildman–Crippen LogP) is 4.14. The van der Waals surface area contributed by atoms with Crippen molar-refractivity contribution in [3.8, 4) is 11.3 Å². The number of benzene rings is 2. The summed E-state index contributed by atoms with van der Waals surface area (Å²) >= 11 is 3.49. The summed E-state index contributed by atoms with van der Waals surface area (Å²) in [5, 5.41) is 9.55. The molecule has 1 heterocycles. The number of nitrogens with zero attached hydrogens (tertiary/aromatic N) is 1. The normalized spacial score (nSPS) is 11.1. The van der Waals surface area contributed by atoms with E-state index in [1.807, 2.05) is 6.07 Å². The lowest BCUT2D eigenvalue weighted by molar-refractivity contribution is 1.10. The first-order valence-corrected chi connectivity index (χ1v) is 7.00. The quantitative estimate of drug-likeness (QED) is 0.746. The molecule has 0 fully saturated rings. The van der Waals surface area contributed by atoms with Crippen molar-refractivity contribution in [2.75, 3.05) is 5.73 Å². The van der Waals surface area contributed by atoms with E-state index in [2.05, 4.69) is 63.4 Å². The standard InChI is InChI=1S/C15H14BrN3/c1-2-13-14(18-19-15(13)17)11-4-3-10-8-12(16)6-5-9(10)7-11/h3-8H,2H2,1H3,(H3,17,18,19). The molecule has 3 aromatic rings. The van der Waals surface area contributed by atoms with Crippen molar-refractivity contribution < 1.29 is 0 Å². The fourth-order valence-electron chi connectivity index (χ4n) is 2.35. The topological polar surface area (TPSA) is 54.7 Å². The molecule has 0 bridgehead atoms. The monoisotopic (exact) mass is 315 g/mol. The number of nitrogens with two attached hydrogens (primary N) is 1. The molecule has 0 spiro atoms. The highest BCUT2D eigenvalue weighted by atomic mass is 79.9. The number of nitrogen functional groups attached to an aromatic ring is 1. The molecule has 2 aromatic carbocycles. The molecule has 3 nitrogen and oxygen atoms in total. The number of aromatic nitrogens is 2. The van der Waals surface area contributed by atoms with Crippen molar-refractivity contribution in [1.29, 1.82) is 0 Å². The number of hydrogen-bond acceptors (Lipinski definition) is 2. The van der Waals surface area contributed by atoms with Crippen LogP contribution in [-0.2, 0) is 6.42 Å². The van der Waals surface area contributed by atoms with Crippen LogP contribution in [0.2, 0.25) is 0 Å². The van der Waals surface area contributed by atoms with Gasteiger partial charge in [0.05, 0.1) is 5.69 Å². The van der Waals surface area contributed by atoms with E-state index >= 15 is 0 Å². The Hall–Kier alpha value is -1.81. The number of H-pyrrole nitrogens is 1. The van der Waals surface area contributed by atoms with E-state index in [1.165, 1.54) is 10.8 Å². The molecule has 0 radical (unpaired) electrons. The fourth-order valence-corrected chi connectivity index (χ4v) is 2.73. The van der Waals surface area contributed by atoms with Gasteiger partial charge in [-0.05, 0) is 35.4 Å². The zero-order valence-electron chi connectivity index (χ0n) is 10.6. The van der Waals surface area contributed by atoms with Crippen LogP contribution in [0.1, 0.15) is 12.5 Å². The number of nitrogens with one attached hydrogen (secondary N) is 1. The van der Waals surface area contributed by atoms with E-state index in [0.29, 0.717) is 5.82 Å². The maximum atomic E-state index is 5.87. The average molecular weight is 316 g/mol. The molecule has 0 aliphatic rings. The largest absolute Gasteiger partial charge is 0.382 e. The van der Waals surface area contributed by atoms with Crippen LogP contribution in [-0.4, -0.2) is 10.2 Å². The van der Waals surface area contributed by atoms with E-state index in [1.54, 1.807) is 0 Å². The van der Waals surface area contributed by atoms with Crippen LogP contribution in [0.25, 0.3) is 22.0 Å². The van der Waals surface area contributed by atoms with Crippen molar-refractivity contribution >= 4 is 32.5 Å². The lowest BCUT2D eigenvalue weighted by Gasteiger charge is -2.05. The molecule has 0 aliphatic carbocycles. The number of rotatable bonds is 2. The molecule has 3 N–H and O–H groups in total. The van der Waals surface area contributed by atoms with Crippen LogP contribution >= 0.6 is 15.9 Å². The Morgan fingerprint density at radius 2 is 1.89 bits per heavy atom. The predicted molar refractivity (Wildman–Crippen MR) is 83.0 cm³/mol. The molecule has 0 saturated heterocycles. The van der Waals surface area contributed by atoms with Gasteiger partial charge in [-0.3, -0.25) is 5.10 Å². The lowest BCUT2D eigenvalue weighted by atomic mass is 10.0. The Morgan fingerprint density at radius 3 is 2.68 bits per heavy atom. The molecule has 0 atom stereocenters. The first-order valence-electron chi connectivity index (χ1n) is 6.21. The summed E-state index contributed by atoms with van der Waals surface area (Å²) in [5.41, 5.74) is 9.09. The minimum atomic E-state index is 0.591. The van der Waals surface area contributed by atoms with Gasteiger partial charge >= 0.3 is 0 Å². The molecule has 4 heteroatoms. The first-order chi connectivity index (χ1) is 9.19. The van der Waals surface area contributed by atoms with Crippen LogP contribution in [0.3, 0.4) is 0 Å².